The van der Waals surface area contributed by atoms with Crippen molar-refractivity contribution in [1.29, 1.82) is 0 Å². The number of rotatable bonds is 11. The summed E-state index contributed by atoms with van der Waals surface area (Å²) in [6.07, 6.45) is 1.19. The molecular formula is C34H36FNO2. The van der Waals surface area contributed by atoms with E-state index in [4.69, 9.17) is 4.74 Å². The zero-order valence-electron chi connectivity index (χ0n) is 22.4. The van der Waals surface area contributed by atoms with E-state index in [-0.39, 0.29) is 29.7 Å². The van der Waals surface area contributed by atoms with Crippen molar-refractivity contribution in [2.75, 3.05) is 6.54 Å². The summed E-state index contributed by atoms with van der Waals surface area (Å²) in [5.41, 5.74) is 5.59. The van der Waals surface area contributed by atoms with Crippen LogP contribution in [0.1, 0.15) is 66.3 Å². The summed E-state index contributed by atoms with van der Waals surface area (Å²) in [7, 11) is 0. The van der Waals surface area contributed by atoms with Crippen LogP contribution in [0.4, 0.5) is 4.39 Å². The first-order valence-corrected chi connectivity index (χ1v) is 13.3. The highest BCUT2D eigenvalue weighted by Crippen LogP contribution is 2.31. The van der Waals surface area contributed by atoms with Gasteiger partial charge in [-0.3, -0.25) is 4.79 Å². The largest absolute Gasteiger partial charge is 0.491 e. The summed E-state index contributed by atoms with van der Waals surface area (Å²) in [5.74, 6) is 0.555. The molecular weight excluding hydrogens is 473 g/mol. The summed E-state index contributed by atoms with van der Waals surface area (Å²) in [4.78, 5) is 13.1. The van der Waals surface area contributed by atoms with E-state index in [1.54, 1.807) is 12.1 Å². The molecule has 0 bridgehead atoms. The van der Waals surface area contributed by atoms with Crippen molar-refractivity contribution in [2.45, 2.75) is 51.6 Å². The first-order chi connectivity index (χ1) is 18.4. The number of ether oxygens (including phenoxy) is 1. The normalized spacial score (nSPS) is 12.7. The molecule has 0 saturated carbocycles. The Morgan fingerprint density at radius 2 is 1.26 bits per heavy atom. The maximum atomic E-state index is 13.6. The number of carbonyl (C=O) groups excluding carboxylic acids is 1. The number of benzene rings is 4. The molecule has 0 aliphatic carbocycles. The minimum atomic E-state index is -0.282. The predicted molar refractivity (Wildman–Crippen MR) is 152 cm³/mol. The van der Waals surface area contributed by atoms with Crippen molar-refractivity contribution >= 4 is 5.91 Å². The van der Waals surface area contributed by atoms with Crippen LogP contribution in [0.2, 0.25) is 0 Å². The number of aryl methyl sites for hydroxylation is 1. The summed E-state index contributed by atoms with van der Waals surface area (Å²) < 4.78 is 19.4. The zero-order chi connectivity index (χ0) is 26.9. The first-order valence-electron chi connectivity index (χ1n) is 13.3. The lowest BCUT2D eigenvalue weighted by molar-refractivity contribution is -0.121. The van der Waals surface area contributed by atoms with Crippen LogP contribution in [0.5, 0.6) is 5.75 Å². The van der Waals surface area contributed by atoms with Crippen LogP contribution in [0.3, 0.4) is 0 Å². The molecule has 4 heteroatoms. The number of halogens is 1. The van der Waals surface area contributed by atoms with Crippen molar-refractivity contribution < 1.29 is 13.9 Å². The molecule has 0 fully saturated rings. The number of hydrogen-bond donors (Lipinski definition) is 1. The molecule has 0 aliphatic rings. The van der Waals surface area contributed by atoms with Gasteiger partial charge in [0.15, 0.2) is 0 Å². The SMILES string of the molecule is Cc1ccc([C@@H](CCNC(=O)C[C@@H](c2ccccc2)c2ccc(F)cc2)c2ccc(OC(C)C)cc2)cc1. The highest BCUT2D eigenvalue weighted by molar-refractivity contribution is 5.77. The number of hydrogen-bond acceptors (Lipinski definition) is 2. The van der Waals surface area contributed by atoms with Gasteiger partial charge in [-0.2, -0.15) is 0 Å². The highest BCUT2D eigenvalue weighted by atomic mass is 19.1. The third kappa shape index (κ3) is 7.55. The Bertz CT molecular complexity index is 1280. The van der Waals surface area contributed by atoms with Crippen molar-refractivity contribution in [3.63, 3.8) is 0 Å². The average Bonchev–Trinajstić information content (AvgIpc) is 2.92. The van der Waals surface area contributed by atoms with Crippen molar-refractivity contribution in [1.82, 2.24) is 5.32 Å². The van der Waals surface area contributed by atoms with Gasteiger partial charge in [0.1, 0.15) is 11.6 Å². The quantitative estimate of drug-likeness (QED) is 0.224. The minimum absolute atomic E-state index is 0.0217. The standard InChI is InChI=1S/C34H36FNO2/c1-24(2)38-31-19-15-28(16-20-31)32(27-11-9-25(3)10-12-27)21-22-36-34(37)23-33(26-7-5-4-6-8-26)29-13-17-30(35)18-14-29/h4-20,24,32-33H,21-23H2,1-3H3,(H,36,37)/t32-,33+/m1/s1. The summed E-state index contributed by atoms with van der Waals surface area (Å²) in [6.45, 7) is 6.67. The second-order valence-corrected chi connectivity index (χ2v) is 10.1. The topological polar surface area (TPSA) is 38.3 Å². The second-order valence-electron chi connectivity index (χ2n) is 10.1. The van der Waals surface area contributed by atoms with Gasteiger partial charge < -0.3 is 10.1 Å². The molecule has 0 spiro atoms. The Morgan fingerprint density at radius 1 is 0.737 bits per heavy atom. The van der Waals surface area contributed by atoms with Crippen LogP contribution in [-0.2, 0) is 4.79 Å². The third-order valence-corrected chi connectivity index (χ3v) is 6.75. The molecule has 0 saturated heterocycles. The van der Waals surface area contributed by atoms with Crippen LogP contribution in [0.25, 0.3) is 0 Å². The van der Waals surface area contributed by atoms with E-state index in [9.17, 15) is 9.18 Å². The maximum Gasteiger partial charge on any atom is 0.220 e. The zero-order valence-corrected chi connectivity index (χ0v) is 22.4. The van der Waals surface area contributed by atoms with Crippen LogP contribution in [0, 0.1) is 12.7 Å². The van der Waals surface area contributed by atoms with E-state index in [0.29, 0.717) is 13.0 Å². The maximum absolute atomic E-state index is 13.6. The second kappa shape index (κ2) is 13.0. The average molecular weight is 510 g/mol. The molecule has 0 radical (unpaired) electrons. The molecule has 0 unspecified atom stereocenters. The Morgan fingerprint density at radius 3 is 1.87 bits per heavy atom. The van der Waals surface area contributed by atoms with Gasteiger partial charge in [-0.1, -0.05) is 84.4 Å². The van der Waals surface area contributed by atoms with Gasteiger partial charge in [-0.25, -0.2) is 4.39 Å². The number of amides is 1. The van der Waals surface area contributed by atoms with Gasteiger partial charge in [0.25, 0.3) is 0 Å². The van der Waals surface area contributed by atoms with Crippen molar-refractivity contribution in [2.24, 2.45) is 0 Å². The van der Waals surface area contributed by atoms with Crippen LogP contribution >= 0.6 is 0 Å². The van der Waals surface area contributed by atoms with E-state index >= 15 is 0 Å². The fraction of sp³-hybridized carbons (Fsp3) is 0.265. The lowest BCUT2D eigenvalue weighted by Gasteiger charge is -2.21. The predicted octanol–water partition coefficient (Wildman–Crippen LogP) is 7.78. The van der Waals surface area contributed by atoms with Gasteiger partial charge in [-0.15, -0.1) is 0 Å². The van der Waals surface area contributed by atoms with E-state index in [1.807, 2.05) is 56.3 Å². The van der Waals surface area contributed by atoms with E-state index in [1.165, 1.54) is 28.8 Å². The third-order valence-electron chi connectivity index (χ3n) is 6.75. The minimum Gasteiger partial charge on any atom is -0.491 e. The van der Waals surface area contributed by atoms with Gasteiger partial charge in [0.2, 0.25) is 5.91 Å². The molecule has 4 aromatic rings. The van der Waals surface area contributed by atoms with Crippen LogP contribution < -0.4 is 10.1 Å². The van der Waals surface area contributed by atoms with Gasteiger partial charge in [0.05, 0.1) is 6.10 Å². The van der Waals surface area contributed by atoms with Gasteiger partial charge in [0, 0.05) is 24.8 Å². The molecule has 196 valence electrons. The number of carbonyl (C=O) groups is 1. The monoisotopic (exact) mass is 509 g/mol. The number of nitrogens with one attached hydrogen (secondary N) is 1. The highest BCUT2D eigenvalue weighted by Gasteiger charge is 2.20. The van der Waals surface area contributed by atoms with Crippen LogP contribution in [-0.4, -0.2) is 18.6 Å². The lowest BCUT2D eigenvalue weighted by Crippen LogP contribution is -2.27. The molecule has 38 heavy (non-hydrogen) atoms. The Hall–Kier alpha value is -3.92. The Balaban J connectivity index is 1.45. The van der Waals surface area contributed by atoms with Gasteiger partial charge >= 0.3 is 0 Å². The smallest absolute Gasteiger partial charge is 0.220 e. The van der Waals surface area contributed by atoms with Crippen LogP contribution in [0.15, 0.2) is 103 Å². The molecule has 1 amide bonds. The van der Waals surface area contributed by atoms with E-state index < -0.39 is 0 Å². The molecule has 2 atom stereocenters. The summed E-state index contributed by atoms with van der Waals surface area (Å²) >= 11 is 0. The molecule has 4 rings (SSSR count). The van der Waals surface area contributed by atoms with Crippen molar-refractivity contribution in [3.8, 4) is 5.75 Å². The molecule has 3 nitrogen and oxygen atoms in total. The summed E-state index contributed by atoms with van der Waals surface area (Å²) in [5, 5.41) is 3.15. The fourth-order valence-corrected chi connectivity index (χ4v) is 4.80. The van der Waals surface area contributed by atoms with Gasteiger partial charge in [-0.05, 0) is 73.7 Å². The Kier molecular flexibility index (Phi) is 9.31. The molecule has 0 aromatic heterocycles. The first kappa shape index (κ1) is 27.1. The van der Waals surface area contributed by atoms with Crippen molar-refractivity contribution in [3.05, 3.63) is 137 Å². The molecule has 4 aromatic carbocycles. The van der Waals surface area contributed by atoms with E-state index in [2.05, 4.69) is 48.6 Å². The summed E-state index contributed by atoms with van der Waals surface area (Å²) in [6, 6.07) is 33.2. The fourth-order valence-electron chi connectivity index (χ4n) is 4.80. The molecule has 0 heterocycles. The lowest BCUT2D eigenvalue weighted by atomic mass is 9.87. The molecule has 0 aliphatic heterocycles. The van der Waals surface area contributed by atoms with E-state index in [0.717, 1.165) is 23.3 Å². The Labute approximate surface area is 225 Å². The molecule has 1 N–H and O–H groups in total.